The topological polar surface area (TPSA) is 56.4 Å². The minimum Gasteiger partial charge on any atom is -0.668 e. The molecule has 0 radical (unpaired) electrons. The zero-order valence-corrected chi connectivity index (χ0v) is 15.6. The molecule has 17 heavy (non-hydrogen) atoms. The predicted octanol–water partition coefficient (Wildman–Crippen LogP) is 4.04. The van der Waals surface area contributed by atoms with Gasteiger partial charge in [0.1, 0.15) is 0 Å². The smallest absolute Gasteiger partial charge is 0.668 e. The van der Waals surface area contributed by atoms with Crippen molar-refractivity contribution in [3.05, 3.63) is 21.3 Å². The van der Waals surface area contributed by atoms with Crippen LogP contribution >= 0.6 is 0 Å². The molecule has 0 spiro atoms. The van der Waals surface area contributed by atoms with E-state index in [2.05, 4.69) is 35.1 Å². The van der Waals surface area contributed by atoms with Crippen LogP contribution in [0.2, 0.25) is 0 Å². The summed E-state index contributed by atoms with van der Waals surface area (Å²) < 4.78 is 0. The minimum absolute atomic E-state index is 0. The molecule has 0 heterocycles. The van der Waals surface area contributed by atoms with E-state index in [4.69, 9.17) is 0 Å². The van der Waals surface area contributed by atoms with E-state index in [0.29, 0.717) is 0 Å². The van der Waals surface area contributed by atoms with Gasteiger partial charge in [0, 0.05) is 0 Å². The van der Waals surface area contributed by atoms with E-state index in [1.807, 2.05) is 0 Å². The Morgan fingerprint density at radius 3 is 0.882 bits per heavy atom. The zero-order chi connectivity index (χ0) is 13.7. The Bertz CT molecular complexity index is 57.7. The van der Waals surface area contributed by atoms with Crippen LogP contribution in [0.15, 0.2) is 0 Å². The van der Waals surface area contributed by atoms with Gasteiger partial charge < -0.3 is 21.3 Å². The Morgan fingerprint density at radius 1 is 0.588 bits per heavy atom. The molecule has 0 amide bonds. The van der Waals surface area contributed by atoms with Crippen molar-refractivity contribution >= 4 is 0 Å². The third kappa shape index (κ3) is 163. The third-order valence-electron chi connectivity index (χ3n) is 0.763. The molecule has 0 aromatic heterocycles. The largest absolute Gasteiger partial charge is 4.00 e. The maximum absolute atomic E-state index is 4.21. The van der Waals surface area contributed by atoms with Crippen molar-refractivity contribution in [2.75, 3.05) is 55.4 Å². The van der Waals surface area contributed by atoms with Gasteiger partial charge in [-0.2, -0.15) is 42.3 Å². The van der Waals surface area contributed by atoms with Crippen LogP contribution in [0.5, 0.6) is 0 Å². The van der Waals surface area contributed by atoms with Crippen molar-refractivity contribution in [3.8, 4) is 0 Å². The van der Waals surface area contributed by atoms with Gasteiger partial charge in [-0.05, 0) is 0 Å². The van der Waals surface area contributed by atoms with Gasteiger partial charge in [-0.3, -0.25) is 0 Å². The molecule has 0 saturated carbocycles. The van der Waals surface area contributed by atoms with Gasteiger partial charge in [0.25, 0.3) is 0 Å². The zero-order valence-electron chi connectivity index (χ0n) is 13.1. The molecule has 0 bridgehead atoms. The van der Waals surface area contributed by atoms with Crippen molar-refractivity contribution in [3.63, 3.8) is 0 Å². The first-order valence-corrected chi connectivity index (χ1v) is 5.73. The summed E-state index contributed by atoms with van der Waals surface area (Å²) in [6.45, 7) is 6.40. The Morgan fingerprint density at radius 2 is 0.765 bits per heavy atom. The molecular weight excluding hydrogens is 291 g/mol. The average Bonchev–Trinajstić information content (AvgIpc) is 2.22. The van der Waals surface area contributed by atoms with E-state index in [1.54, 1.807) is 42.3 Å². The first kappa shape index (κ1) is 30.6. The fourth-order valence-electron chi connectivity index (χ4n) is 0.428. The number of hydrogen-bond donors (Lipinski definition) is 0. The second-order valence-corrected chi connectivity index (χ2v) is 3.01. The molecule has 0 fully saturated rings. The van der Waals surface area contributed by atoms with Crippen LogP contribution in [0.3, 0.4) is 0 Å². The van der Waals surface area contributed by atoms with E-state index in [0.717, 1.165) is 13.1 Å². The summed E-state index contributed by atoms with van der Waals surface area (Å²) in [4.78, 5) is 0. The Kier molecular flexibility index (Phi) is 97.9. The summed E-state index contributed by atoms with van der Waals surface area (Å²) in [6, 6.07) is 0. The van der Waals surface area contributed by atoms with Gasteiger partial charge in [-0.1, -0.05) is 26.7 Å². The predicted molar refractivity (Wildman–Crippen MR) is 79.3 cm³/mol. The molecular formula is C12H32N4Zr. The van der Waals surface area contributed by atoms with Crippen LogP contribution in [0.1, 0.15) is 26.7 Å². The van der Waals surface area contributed by atoms with Crippen LogP contribution in [0, 0.1) is 0 Å². The van der Waals surface area contributed by atoms with Gasteiger partial charge >= 0.3 is 26.2 Å². The van der Waals surface area contributed by atoms with Crippen molar-refractivity contribution < 1.29 is 26.2 Å². The van der Waals surface area contributed by atoms with Crippen molar-refractivity contribution in [2.24, 2.45) is 0 Å². The summed E-state index contributed by atoms with van der Waals surface area (Å²) >= 11 is 0. The molecule has 5 heteroatoms. The van der Waals surface area contributed by atoms with Gasteiger partial charge in [0.15, 0.2) is 0 Å². The van der Waals surface area contributed by atoms with Gasteiger partial charge in [0.2, 0.25) is 0 Å². The molecule has 0 rings (SSSR count). The van der Waals surface area contributed by atoms with E-state index in [1.165, 1.54) is 12.8 Å². The van der Waals surface area contributed by atoms with Crippen LogP contribution in [0.4, 0.5) is 0 Å². The molecule has 0 unspecified atom stereocenters. The molecule has 0 N–H and O–H groups in total. The van der Waals surface area contributed by atoms with Crippen LogP contribution in [-0.4, -0.2) is 55.4 Å². The quantitative estimate of drug-likeness (QED) is 0.701. The van der Waals surface area contributed by atoms with Gasteiger partial charge in [0.05, 0.1) is 0 Å². The second-order valence-electron chi connectivity index (χ2n) is 3.01. The molecule has 0 atom stereocenters. The van der Waals surface area contributed by atoms with E-state index in [-0.39, 0.29) is 26.2 Å². The molecule has 0 aliphatic carbocycles. The molecule has 0 aliphatic rings. The molecule has 4 nitrogen and oxygen atoms in total. The van der Waals surface area contributed by atoms with E-state index in [9.17, 15) is 0 Å². The maximum atomic E-state index is 4.21. The Labute approximate surface area is 129 Å². The van der Waals surface area contributed by atoms with Gasteiger partial charge in [-0.15, -0.1) is 13.1 Å². The fourth-order valence-corrected chi connectivity index (χ4v) is 0.428. The molecule has 0 saturated heterocycles. The second kappa shape index (κ2) is 54.3. The van der Waals surface area contributed by atoms with Crippen molar-refractivity contribution in [2.45, 2.75) is 26.7 Å². The fraction of sp³-hybridized carbons (Fsp3) is 1.00. The first-order valence-electron chi connectivity index (χ1n) is 5.73. The minimum atomic E-state index is 0. The number of hydrogen-bond acceptors (Lipinski definition) is 0. The number of rotatable bonds is 4. The van der Waals surface area contributed by atoms with Gasteiger partial charge in [-0.25, -0.2) is 0 Å². The first-order chi connectivity index (χ1) is 7.66. The van der Waals surface area contributed by atoms with E-state index >= 15 is 0 Å². The normalized spacial score (nSPS) is 7.06. The van der Waals surface area contributed by atoms with Crippen molar-refractivity contribution in [1.29, 1.82) is 0 Å². The molecule has 0 aromatic carbocycles. The van der Waals surface area contributed by atoms with Crippen molar-refractivity contribution in [1.82, 2.24) is 0 Å². The Hall–Kier alpha value is 0.723. The molecule has 0 aromatic rings. The average molecular weight is 324 g/mol. The summed E-state index contributed by atoms with van der Waals surface area (Å²) in [5.41, 5.74) is 0. The van der Waals surface area contributed by atoms with Crippen LogP contribution in [-0.2, 0) is 26.2 Å². The summed E-state index contributed by atoms with van der Waals surface area (Å²) in [5.74, 6) is 0. The Balaban J connectivity index is -0.0000000411. The van der Waals surface area contributed by atoms with E-state index < -0.39 is 0 Å². The standard InChI is InChI=1S/C6H14N.3C2H6N.Zr/c1-3-5-7-6-4-2;3*1-3-2;/h3-6H2,1-2H3;3*1-2H3;/q4*-1;+4. The summed E-state index contributed by atoms with van der Waals surface area (Å²) in [7, 11) is 10.5. The third-order valence-corrected chi connectivity index (χ3v) is 0.763. The van der Waals surface area contributed by atoms with Crippen LogP contribution < -0.4 is 0 Å². The SMILES string of the molecule is CCC[N-]CCC.C[N-]C.C[N-]C.C[N-]C.[Zr+4]. The number of nitrogens with zero attached hydrogens (tertiary/aromatic N) is 4. The molecule has 104 valence electrons. The summed E-state index contributed by atoms with van der Waals surface area (Å²) in [5, 5.41) is 14.7. The molecule has 0 aliphatic heterocycles. The monoisotopic (exact) mass is 322 g/mol. The maximum Gasteiger partial charge on any atom is 4.00 e. The summed E-state index contributed by atoms with van der Waals surface area (Å²) in [6.07, 6.45) is 2.39. The van der Waals surface area contributed by atoms with Crippen LogP contribution in [0.25, 0.3) is 21.3 Å².